The molecule has 0 heterocycles. The Morgan fingerprint density at radius 3 is 2.67 bits per heavy atom. The van der Waals surface area contributed by atoms with Crippen LogP contribution in [0.15, 0.2) is 12.1 Å². The molecule has 0 saturated heterocycles. The molecule has 0 saturated carbocycles. The number of hydrogen-bond donors (Lipinski definition) is 0. The highest BCUT2D eigenvalue weighted by Crippen LogP contribution is 2.17. The number of esters is 1. The molecule has 1 aromatic rings. The monoisotopic (exact) mass is 203 g/mol. The summed E-state index contributed by atoms with van der Waals surface area (Å²) in [6, 6.07) is 4.97. The van der Waals surface area contributed by atoms with Crippen LogP contribution >= 0.6 is 0 Å². The molecule has 4 nitrogen and oxygen atoms in total. The van der Waals surface area contributed by atoms with E-state index in [4.69, 9.17) is 5.26 Å². The van der Waals surface area contributed by atoms with Gasteiger partial charge in [0, 0.05) is 5.56 Å². The van der Waals surface area contributed by atoms with E-state index in [1.165, 1.54) is 13.2 Å². The molecule has 1 aromatic carbocycles. The lowest BCUT2D eigenvalue weighted by Crippen LogP contribution is -2.09. The fourth-order valence-electron chi connectivity index (χ4n) is 1.32. The van der Waals surface area contributed by atoms with E-state index in [-0.39, 0.29) is 16.7 Å². The molecule has 76 valence electrons. The van der Waals surface area contributed by atoms with Crippen LogP contribution in [-0.2, 0) is 4.74 Å². The second-order valence-corrected chi connectivity index (χ2v) is 2.94. The van der Waals surface area contributed by atoms with Crippen molar-refractivity contribution in [3.05, 3.63) is 34.4 Å². The molecule has 0 fully saturated rings. The molecule has 0 N–H and O–H groups in total. The molecule has 0 radical (unpaired) electrons. The molecule has 0 spiro atoms. The molecule has 0 atom stereocenters. The number of ether oxygens (including phenoxy) is 1. The number of rotatable bonds is 2. The molecular formula is C11H9NO3. The Balaban J connectivity index is 3.54. The maximum absolute atomic E-state index is 11.4. The van der Waals surface area contributed by atoms with Crippen LogP contribution in [0.25, 0.3) is 0 Å². The maximum Gasteiger partial charge on any atom is 0.338 e. The number of carbonyl (C=O) groups excluding carboxylic acids is 2. The summed E-state index contributed by atoms with van der Waals surface area (Å²) in [5.74, 6) is -0.605. The summed E-state index contributed by atoms with van der Waals surface area (Å²) in [5, 5.41) is 8.76. The van der Waals surface area contributed by atoms with Crippen LogP contribution in [0.4, 0.5) is 0 Å². The lowest BCUT2D eigenvalue weighted by molar-refractivity contribution is 0.0597. The predicted octanol–water partition coefficient (Wildman–Crippen LogP) is 1.47. The van der Waals surface area contributed by atoms with Gasteiger partial charge in [0.1, 0.15) is 0 Å². The number of carbonyl (C=O) groups is 2. The number of nitrogens with zero attached hydrogens (tertiary/aromatic N) is 1. The van der Waals surface area contributed by atoms with Gasteiger partial charge in [0.2, 0.25) is 0 Å². The normalized spacial score (nSPS) is 9.13. The van der Waals surface area contributed by atoms with Gasteiger partial charge < -0.3 is 4.74 Å². The summed E-state index contributed by atoms with van der Waals surface area (Å²) in [5.41, 5.74) is 1.04. The fraction of sp³-hybridized carbons (Fsp3) is 0.182. The lowest BCUT2D eigenvalue weighted by Gasteiger charge is -2.07. The molecule has 4 heteroatoms. The smallest absolute Gasteiger partial charge is 0.338 e. The Morgan fingerprint density at radius 1 is 1.53 bits per heavy atom. The van der Waals surface area contributed by atoms with Crippen LogP contribution in [0.5, 0.6) is 0 Å². The Hall–Kier alpha value is -2.15. The van der Waals surface area contributed by atoms with E-state index < -0.39 is 5.97 Å². The highest BCUT2D eigenvalue weighted by Gasteiger charge is 2.17. The van der Waals surface area contributed by atoms with Gasteiger partial charge in [0.05, 0.1) is 24.3 Å². The molecule has 0 aromatic heterocycles. The van der Waals surface area contributed by atoms with Crippen molar-refractivity contribution in [2.45, 2.75) is 6.92 Å². The van der Waals surface area contributed by atoms with Crippen molar-refractivity contribution in [3.8, 4) is 6.07 Å². The van der Waals surface area contributed by atoms with Gasteiger partial charge in [-0.3, -0.25) is 4.79 Å². The highest BCUT2D eigenvalue weighted by atomic mass is 16.5. The van der Waals surface area contributed by atoms with Crippen molar-refractivity contribution in [3.63, 3.8) is 0 Å². The summed E-state index contributed by atoms with van der Waals surface area (Å²) in [6.07, 6.45) is 0.498. The first-order valence-corrected chi connectivity index (χ1v) is 4.23. The first-order chi connectivity index (χ1) is 7.15. The number of nitriles is 1. The number of aryl methyl sites for hydroxylation is 1. The zero-order valence-corrected chi connectivity index (χ0v) is 8.40. The van der Waals surface area contributed by atoms with Crippen molar-refractivity contribution < 1.29 is 14.3 Å². The third-order valence-corrected chi connectivity index (χ3v) is 2.08. The Labute approximate surface area is 87.1 Å². The van der Waals surface area contributed by atoms with Gasteiger partial charge >= 0.3 is 5.97 Å². The van der Waals surface area contributed by atoms with Gasteiger partial charge in [-0.15, -0.1) is 0 Å². The zero-order chi connectivity index (χ0) is 11.4. The maximum atomic E-state index is 11.4. The molecule has 1 rings (SSSR count). The molecule has 0 aliphatic carbocycles. The van der Waals surface area contributed by atoms with Crippen molar-refractivity contribution in [1.82, 2.24) is 0 Å². The van der Waals surface area contributed by atoms with Gasteiger partial charge in [-0.25, -0.2) is 4.79 Å². The SMILES string of the molecule is COC(=O)c1c(C)ccc(C#N)c1C=O. The summed E-state index contributed by atoms with van der Waals surface area (Å²) < 4.78 is 4.55. The predicted molar refractivity (Wildman–Crippen MR) is 52.6 cm³/mol. The first-order valence-electron chi connectivity index (χ1n) is 4.23. The standard InChI is InChI=1S/C11H9NO3/c1-7-3-4-8(5-12)9(6-13)10(7)11(14)15-2/h3-4,6H,1-2H3. The topological polar surface area (TPSA) is 67.2 Å². The number of methoxy groups -OCH3 is 1. The summed E-state index contributed by atoms with van der Waals surface area (Å²) in [6.45, 7) is 1.68. The van der Waals surface area contributed by atoms with E-state index in [1.807, 2.05) is 6.07 Å². The minimum Gasteiger partial charge on any atom is -0.465 e. The number of hydrogen-bond acceptors (Lipinski definition) is 4. The molecule has 0 aliphatic rings. The molecule has 0 amide bonds. The summed E-state index contributed by atoms with van der Waals surface area (Å²) >= 11 is 0. The quantitative estimate of drug-likeness (QED) is 0.539. The van der Waals surface area contributed by atoms with Crippen molar-refractivity contribution in [2.75, 3.05) is 7.11 Å². The van der Waals surface area contributed by atoms with Crippen LogP contribution in [0, 0.1) is 18.3 Å². The lowest BCUT2D eigenvalue weighted by atomic mass is 9.98. The molecular weight excluding hydrogens is 194 g/mol. The van der Waals surface area contributed by atoms with E-state index in [0.717, 1.165) is 0 Å². The average Bonchev–Trinajstić information content (AvgIpc) is 2.27. The van der Waals surface area contributed by atoms with E-state index in [9.17, 15) is 9.59 Å². The largest absolute Gasteiger partial charge is 0.465 e. The number of benzene rings is 1. The minimum absolute atomic E-state index is 0.0874. The van der Waals surface area contributed by atoms with Gasteiger partial charge in [0.25, 0.3) is 0 Å². The van der Waals surface area contributed by atoms with Gasteiger partial charge in [0.15, 0.2) is 6.29 Å². The van der Waals surface area contributed by atoms with Crippen molar-refractivity contribution in [1.29, 1.82) is 5.26 Å². The van der Waals surface area contributed by atoms with E-state index >= 15 is 0 Å². The molecule has 0 bridgehead atoms. The second-order valence-electron chi connectivity index (χ2n) is 2.94. The third-order valence-electron chi connectivity index (χ3n) is 2.08. The zero-order valence-electron chi connectivity index (χ0n) is 8.40. The Kier molecular flexibility index (Phi) is 3.19. The van der Waals surface area contributed by atoms with Crippen molar-refractivity contribution in [2.24, 2.45) is 0 Å². The van der Waals surface area contributed by atoms with E-state index in [0.29, 0.717) is 11.8 Å². The van der Waals surface area contributed by atoms with Crippen LogP contribution in [0.2, 0.25) is 0 Å². The summed E-state index contributed by atoms with van der Waals surface area (Å²) in [7, 11) is 1.23. The van der Waals surface area contributed by atoms with Crippen LogP contribution in [0.1, 0.15) is 31.8 Å². The first kappa shape index (κ1) is 10.9. The van der Waals surface area contributed by atoms with Gasteiger partial charge in [-0.1, -0.05) is 6.07 Å². The van der Waals surface area contributed by atoms with Gasteiger partial charge in [-0.2, -0.15) is 5.26 Å². The fourth-order valence-corrected chi connectivity index (χ4v) is 1.32. The molecule has 15 heavy (non-hydrogen) atoms. The van der Waals surface area contributed by atoms with Crippen molar-refractivity contribution >= 4 is 12.3 Å². The Bertz CT molecular complexity index is 458. The van der Waals surface area contributed by atoms with E-state index in [2.05, 4.69) is 4.74 Å². The van der Waals surface area contributed by atoms with Crippen LogP contribution in [-0.4, -0.2) is 19.4 Å². The van der Waals surface area contributed by atoms with Gasteiger partial charge in [-0.05, 0) is 18.6 Å². The van der Waals surface area contributed by atoms with E-state index in [1.54, 1.807) is 13.0 Å². The second kappa shape index (κ2) is 4.38. The summed E-state index contributed by atoms with van der Waals surface area (Å²) in [4.78, 5) is 22.2. The minimum atomic E-state index is -0.605. The van der Waals surface area contributed by atoms with Crippen LogP contribution < -0.4 is 0 Å². The number of aldehydes is 1. The third kappa shape index (κ3) is 1.86. The molecule has 0 unspecified atom stereocenters. The average molecular weight is 203 g/mol. The highest BCUT2D eigenvalue weighted by molar-refractivity contribution is 6.01. The Morgan fingerprint density at radius 2 is 2.20 bits per heavy atom. The van der Waals surface area contributed by atoms with Crippen LogP contribution in [0.3, 0.4) is 0 Å². The molecule has 0 aliphatic heterocycles.